The van der Waals surface area contributed by atoms with Crippen LogP contribution in [0.5, 0.6) is 0 Å². The lowest BCUT2D eigenvalue weighted by Crippen LogP contribution is -3.61. The Hall–Kier alpha value is -4.07. The highest BCUT2D eigenvalue weighted by molar-refractivity contribution is 7.97. The molecular formula is C74H93F4IO11S+2. The fourth-order valence-corrected chi connectivity index (χ4v) is 26.5. The number of carbonyl (C=O) groups excluding carboxylic acids is 5. The van der Waals surface area contributed by atoms with E-state index in [1.165, 1.54) is 44.3 Å². The van der Waals surface area contributed by atoms with Gasteiger partial charge in [0.05, 0.1) is 35.2 Å². The van der Waals surface area contributed by atoms with E-state index in [2.05, 4.69) is 60.7 Å². The molecule has 20 rings (SSSR count). The molecule has 0 spiro atoms. The van der Waals surface area contributed by atoms with Crippen LogP contribution in [0.2, 0.25) is 0 Å². The molecule has 0 radical (unpaired) electrons. The number of alkyl halides is 4. The zero-order valence-electron chi connectivity index (χ0n) is 53.0. The van der Waals surface area contributed by atoms with Gasteiger partial charge in [0.15, 0.2) is 12.9 Å². The van der Waals surface area contributed by atoms with Crippen LogP contribution in [-0.4, -0.2) is 106 Å². The van der Waals surface area contributed by atoms with E-state index >= 15 is 0 Å². The fourth-order valence-electron chi connectivity index (χ4n) is 22.0. The van der Waals surface area contributed by atoms with Gasteiger partial charge in [0, 0.05) is 30.2 Å². The Balaban J connectivity index is 0.000000120. The van der Waals surface area contributed by atoms with Gasteiger partial charge in [-0.25, -0.2) is 9.59 Å². The minimum Gasteiger partial charge on any atom is -0.465 e. The highest BCUT2D eigenvalue weighted by Gasteiger charge is 2.65. The van der Waals surface area contributed by atoms with E-state index in [0.717, 1.165) is 114 Å². The first kappa shape index (κ1) is 65.6. The summed E-state index contributed by atoms with van der Waals surface area (Å²) in [6, 6.07) is 31.1. The molecule has 1 aliphatic heterocycles. The topological polar surface area (TPSA) is 163 Å². The summed E-state index contributed by atoms with van der Waals surface area (Å²) in [5.41, 5.74) is -1.55. The van der Waals surface area contributed by atoms with Crippen LogP contribution >= 0.6 is 0 Å². The van der Waals surface area contributed by atoms with Gasteiger partial charge >= 0.3 is 56.9 Å². The number of ether oxygens (including phenoxy) is 4. The van der Waals surface area contributed by atoms with Crippen LogP contribution in [0.15, 0.2) is 91.0 Å². The molecule has 16 bridgehead atoms. The second-order valence-corrected chi connectivity index (χ2v) is 37.2. The van der Waals surface area contributed by atoms with Gasteiger partial charge in [-0.2, -0.15) is 17.6 Å². The molecule has 17 fully saturated rings. The lowest BCUT2D eigenvalue weighted by molar-refractivity contribution is -0.597. The van der Waals surface area contributed by atoms with Crippen LogP contribution < -0.4 is 21.2 Å². The third-order valence-corrected chi connectivity index (χ3v) is 29.1. The maximum absolute atomic E-state index is 13.4. The van der Waals surface area contributed by atoms with E-state index in [1.807, 2.05) is 30.3 Å². The Bertz CT molecular complexity index is 2900. The molecule has 17 heteroatoms. The van der Waals surface area contributed by atoms with Crippen molar-refractivity contribution in [3.8, 4) is 0 Å². The lowest BCUT2D eigenvalue weighted by Gasteiger charge is -2.60. The summed E-state index contributed by atoms with van der Waals surface area (Å²) in [5.74, 6) is -3.75. The van der Waals surface area contributed by atoms with Crippen LogP contribution in [0.4, 0.5) is 17.6 Å². The Morgan fingerprint density at radius 1 is 0.484 bits per heavy atom. The zero-order chi connectivity index (χ0) is 63.8. The van der Waals surface area contributed by atoms with Gasteiger partial charge in [0.1, 0.15) is 23.7 Å². The maximum Gasteiger partial charge on any atom is 0.376 e. The van der Waals surface area contributed by atoms with Crippen molar-refractivity contribution in [1.82, 2.24) is 0 Å². The van der Waals surface area contributed by atoms with Crippen LogP contribution in [0, 0.1) is 88.0 Å². The summed E-state index contributed by atoms with van der Waals surface area (Å²) >= 11 is 0.0287. The van der Waals surface area contributed by atoms with Gasteiger partial charge in [0.25, 0.3) is 0 Å². The number of carbonyl (C=O) groups is 5. The van der Waals surface area contributed by atoms with Crippen molar-refractivity contribution in [3.63, 3.8) is 0 Å². The number of halogens is 5. The molecule has 8 atom stereocenters. The molecule has 8 unspecified atom stereocenters. The first-order valence-electron chi connectivity index (χ1n) is 34.2. The monoisotopic (exact) mass is 1390 g/mol. The first-order chi connectivity index (χ1) is 43.2. The Morgan fingerprint density at radius 3 is 1.18 bits per heavy atom. The van der Waals surface area contributed by atoms with Crippen molar-refractivity contribution in [2.75, 3.05) is 30.5 Å². The van der Waals surface area contributed by atoms with Crippen molar-refractivity contribution in [2.45, 2.75) is 203 Å². The van der Waals surface area contributed by atoms with E-state index < -0.39 is 58.0 Å². The van der Waals surface area contributed by atoms with Gasteiger partial charge in [-0.05, 0) is 248 Å². The maximum atomic E-state index is 13.4. The van der Waals surface area contributed by atoms with Crippen LogP contribution in [-0.2, 0) is 49.0 Å². The van der Waals surface area contributed by atoms with Crippen LogP contribution in [0.3, 0.4) is 0 Å². The molecule has 11 nitrogen and oxygen atoms in total. The van der Waals surface area contributed by atoms with Crippen molar-refractivity contribution in [1.29, 1.82) is 0 Å². The second-order valence-electron chi connectivity index (χ2n) is 31.9. The number of esters is 4. The Morgan fingerprint density at radius 2 is 0.835 bits per heavy atom. The summed E-state index contributed by atoms with van der Waals surface area (Å²) < 4.78 is 79.2. The number of benzene rings is 3. The summed E-state index contributed by atoms with van der Waals surface area (Å²) in [4.78, 5) is 62.3. The molecular weight excluding hydrogens is 1300 g/mol. The largest absolute Gasteiger partial charge is 0.465 e. The summed E-state index contributed by atoms with van der Waals surface area (Å²) in [6.45, 7) is 1.93. The van der Waals surface area contributed by atoms with E-state index in [0.29, 0.717) is 105 Å². The van der Waals surface area contributed by atoms with E-state index in [4.69, 9.17) is 18.9 Å². The molecule has 2 N–H and O–H groups in total. The average Bonchev–Trinajstić information content (AvgIpc) is 1.18. The molecule has 1 heterocycles. The number of ketones is 1. The minimum atomic E-state index is -3.49. The molecule has 3 aromatic carbocycles. The molecule has 91 heavy (non-hydrogen) atoms. The van der Waals surface area contributed by atoms with Gasteiger partial charge < -0.3 is 29.2 Å². The van der Waals surface area contributed by atoms with Crippen LogP contribution in [0.25, 0.3) is 0 Å². The minimum absolute atomic E-state index is 0.0287. The summed E-state index contributed by atoms with van der Waals surface area (Å²) in [7, 11) is 0.393. The fraction of sp³-hybridized carbons (Fsp3) is 0.689. The second kappa shape index (κ2) is 25.5. The van der Waals surface area contributed by atoms with Gasteiger partial charge in [-0.1, -0.05) is 66.7 Å². The Labute approximate surface area is 547 Å². The van der Waals surface area contributed by atoms with Crippen LogP contribution in [0.1, 0.15) is 178 Å². The van der Waals surface area contributed by atoms with Crippen molar-refractivity contribution in [2.24, 2.45) is 80.8 Å². The molecule has 0 amide bonds. The summed E-state index contributed by atoms with van der Waals surface area (Å²) in [5, 5.41) is 22.0. The highest BCUT2D eigenvalue weighted by Crippen LogP contribution is 2.66. The van der Waals surface area contributed by atoms with Crippen molar-refractivity contribution in [3.05, 3.63) is 104 Å². The SMILES string of the molecule is CC(F)(F)C(=O)OC1C2CC3CC1CC(C(=O)OCC14CC5CC(CC(O)(C5)C1)C4)(C3)C2.CC(F)(F)C(=O)OC1C2CC3CC1CC(C(=O)OCC14CC5CC(CC(O)(C5)C1)C4)(C3)C2.O=C(C[S+]1CCCC1)c1ccccc1.c1ccc([I+]c2ccccc2)cc1. The van der Waals surface area contributed by atoms with Gasteiger partial charge in [-0.15, -0.1) is 0 Å². The number of rotatable bonds is 15. The number of aliphatic hydroxyl groups is 2. The average molecular weight is 1390 g/mol. The van der Waals surface area contributed by atoms with E-state index in [1.54, 1.807) is 0 Å². The molecule has 0 aromatic heterocycles. The van der Waals surface area contributed by atoms with E-state index in [-0.39, 0.29) is 67.6 Å². The molecule has 16 saturated carbocycles. The quantitative estimate of drug-likeness (QED) is 0.0372. The van der Waals surface area contributed by atoms with Crippen molar-refractivity contribution < 1.29 is 91.9 Å². The smallest absolute Gasteiger partial charge is 0.376 e. The zero-order valence-corrected chi connectivity index (χ0v) is 55.9. The summed E-state index contributed by atoms with van der Waals surface area (Å²) in [6.07, 6.45) is 20.4. The third-order valence-electron chi connectivity index (χ3n) is 24.0. The number of hydrogen-bond donors (Lipinski definition) is 2. The standard InChI is InChI=1S/2C25H34F2O5.C12H10I.C12H15OS/c2*1-22(26,27)20(28)32-19-17-3-14-4-18(19)11-24(7-14,10-17)21(29)31-13-23-5-15-2-16(6-23)9-25(30,8-15)12-23;1-3-7-11(8-4-1)13-12-9-5-2-6-10-12;13-12(10-14-8-4-5-9-14)11-6-2-1-3-7-11/h2*14-19,30H,2-13H2,1H3;1-10H;1-3,6-7H,4-5,8-10H2/q;;2*+1. The van der Waals surface area contributed by atoms with Crippen molar-refractivity contribution >= 4 is 40.6 Å². The van der Waals surface area contributed by atoms with Gasteiger partial charge in [-0.3, -0.25) is 14.4 Å². The predicted molar refractivity (Wildman–Crippen MR) is 331 cm³/mol. The molecule has 17 aliphatic rings. The molecule has 16 aliphatic carbocycles. The number of hydrogen-bond acceptors (Lipinski definition) is 11. The lowest BCUT2D eigenvalue weighted by atomic mass is 9.48. The molecule has 494 valence electrons. The van der Waals surface area contributed by atoms with Gasteiger partial charge in [0.2, 0.25) is 5.78 Å². The molecule has 3 aromatic rings. The highest BCUT2D eigenvalue weighted by atomic mass is 127. The first-order valence-corrected chi connectivity index (χ1v) is 38.1. The Kier molecular flexibility index (Phi) is 18.4. The number of Topliss-reactive ketones (excluding diaryl/α,β-unsaturated/α-hetero) is 1. The normalized spacial score (nSPS) is 39.6. The molecule has 1 saturated heterocycles. The third kappa shape index (κ3) is 14.4. The van der Waals surface area contributed by atoms with E-state index in [9.17, 15) is 51.7 Å². The predicted octanol–water partition coefficient (Wildman–Crippen LogP) is 10.6.